The predicted molar refractivity (Wildman–Crippen MR) is 63.8 cm³/mol. The number of nitrogens with two attached hydrogens (primary N) is 1. The van der Waals surface area contributed by atoms with E-state index < -0.39 is 0 Å². The van der Waals surface area contributed by atoms with Gasteiger partial charge in [-0.2, -0.15) is 5.10 Å². The summed E-state index contributed by atoms with van der Waals surface area (Å²) in [6.45, 7) is 2.43. The molecule has 0 atom stereocenters. The summed E-state index contributed by atoms with van der Waals surface area (Å²) in [5.41, 5.74) is 7.43. The van der Waals surface area contributed by atoms with Crippen molar-refractivity contribution in [3.63, 3.8) is 0 Å². The molecule has 0 saturated heterocycles. The zero-order chi connectivity index (χ0) is 12.3. The number of amides is 1. The molecule has 0 aliphatic carbocycles. The van der Waals surface area contributed by atoms with Crippen LogP contribution in [0.5, 0.6) is 0 Å². The third-order valence-electron chi connectivity index (χ3n) is 2.27. The molecule has 88 valence electrons. The lowest BCUT2D eigenvalue weighted by atomic mass is 10.1. The van der Waals surface area contributed by atoms with Crippen molar-refractivity contribution in [1.29, 1.82) is 0 Å². The van der Waals surface area contributed by atoms with E-state index >= 15 is 0 Å². The number of carbonyl (C=O) groups excluding carboxylic acids is 1. The van der Waals surface area contributed by atoms with Crippen LogP contribution in [0.2, 0.25) is 0 Å². The number of hydrogen-bond donors (Lipinski definition) is 2. The van der Waals surface area contributed by atoms with E-state index in [4.69, 9.17) is 5.73 Å². The van der Waals surface area contributed by atoms with E-state index in [0.717, 1.165) is 0 Å². The van der Waals surface area contributed by atoms with Crippen molar-refractivity contribution < 1.29 is 4.79 Å². The average molecular weight is 231 g/mol. The highest BCUT2D eigenvalue weighted by Crippen LogP contribution is 2.17. The van der Waals surface area contributed by atoms with E-state index in [-0.39, 0.29) is 5.91 Å². The lowest BCUT2D eigenvalue weighted by Gasteiger charge is -2.09. The topological polar surface area (TPSA) is 85.8 Å². The van der Waals surface area contributed by atoms with Crippen molar-refractivity contribution in [2.45, 2.75) is 6.92 Å². The number of anilines is 1. The summed E-state index contributed by atoms with van der Waals surface area (Å²) in [6, 6.07) is 5.06. The third-order valence-corrected chi connectivity index (χ3v) is 2.27. The molecule has 0 fully saturated rings. The predicted octanol–water partition coefficient (Wildman–Crippen LogP) is 0.599. The highest BCUT2D eigenvalue weighted by Gasteiger charge is 2.12. The zero-order valence-corrected chi connectivity index (χ0v) is 9.42. The molecule has 3 N–H and O–H groups in total. The molecule has 0 saturated carbocycles. The fraction of sp³-hybridized carbons (Fsp3) is 0.182. The first-order valence-electron chi connectivity index (χ1n) is 5.25. The van der Waals surface area contributed by atoms with Gasteiger partial charge in [-0.25, -0.2) is 9.67 Å². The van der Waals surface area contributed by atoms with Crippen molar-refractivity contribution in [2.24, 2.45) is 0 Å². The summed E-state index contributed by atoms with van der Waals surface area (Å²) >= 11 is 0. The van der Waals surface area contributed by atoms with Crippen molar-refractivity contribution in [3.8, 4) is 5.69 Å². The van der Waals surface area contributed by atoms with Crippen molar-refractivity contribution in [2.75, 3.05) is 12.3 Å². The van der Waals surface area contributed by atoms with Crippen LogP contribution in [0.15, 0.2) is 30.9 Å². The van der Waals surface area contributed by atoms with E-state index in [1.165, 1.54) is 17.3 Å². The quantitative estimate of drug-likeness (QED) is 0.757. The van der Waals surface area contributed by atoms with E-state index in [0.29, 0.717) is 23.5 Å². The monoisotopic (exact) mass is 231 g/mol. The van der Waals surface area contributed by atoms with Crippen LogP contribution in [0.25, 0.3) is 5.69 Å². The molecule has 2 rings (SSSR count). The Labute approximate surface area is 98.5 Å². The van der Waals surface area contributed by atoms with Crippen LogP contribution in [0, 0.1) is 0 Å². The Morgan fingerprint density at radius 2 is 2.35 bits per heavy atom. The molecule has 6 heteroatoms. The molecule has 0 radical (unpaired) electrons. The molecule has 0 aliphatic heterocycles. The SMILES string of the molecule is CCNC(=O)c1ccc(N)cc1-n1cncn1. The van der Waals surface area contributed by atoms with Crippen LogP contribution in [0.1, 0.15) is 17.3 Å². The summed E-state index contributed by atoms with van der Waals surface area (Å²) in [5.74, 6) is -0.155. The maximum Gasteiger partial charge on any atom is 0.253 e. The normalized spacial score (nSPS) is 10.2. The van der Waals surface area contributed by atoms with E-state index in [9.17, 15) is 4.79 Å². The van der Waals surface area contributed by atoms with Gasteiger partial charge in [-0.1, -0.05) is 0 Å². The fourth-order valence-corrected chi connectivity index (χ4v) is 1.52. The molecular weight excluding hydrogens is 218 g/mol. The number of benzene rings is 1. The standard InChI is InChI=1S/C11H13N5O/c1-2-14-11(17)9-4-3-8(12)5-10(9)16-7-13-6-15-16/h3-7H,2,12H2,1H3,(H,14,17). The average Bonchev–Trinajstić information content (AvgIpc) is 2.82. The van der Waals surface area contributed by atoms with Gasteiger partial charge in [0.15, 0.2) is 0 Å². The van der Waals surface area contributed by atoms with Gasteiger partial charge in [0.1, 0.15) is 12.7 Å². The molecule has 1 aromatic carbocycles. The molecule has 0 aliphatic rings. The van der Waals surface area contributed by atoms with Crippen LogP contribution in [-0.4, -0.2) is 27.2 Å². The molecule has 1 aromatic heterocycles. The van der Waals surface area contributed by atoms with Crippen LogP contribution in [-0.2, 0) is 0 Å². The Bertz CT molecular complexity index is 521. The van der Waals surface area contributed by atoms with Crippen LogP contribution in [0.3, 0.4) is 0 Å². The number of aromatic nitrogens is 3. The first kappa shape index (κ1) is 11.1. The molecule has 0 spiro atoms. The van der Waals surface area contributed by atoms with Crippen LogP contribution >= 0.6 is 0 Å². The highest BCUT2D eigenvalue weighted by molar-refractivity contribution is 5.98. The number of hydrogen-bond acceptors (Lipinski definition) is 4. The van der Waals surface area contributed by atoms with Crippen LogP contribution in [0.4, 0.5) is 5.69 Å². The Morgan fingerprint density at radius 3 is 3.00 bits per heavy atom. The first-order chi connectivity index (χ1) is 8.22. The third kappa shape index (κ3) is 2.25. The van der Waals surface area contributed by atoms with E-state index in [2.05, 4.69) is 15.4 Å². The van der Waals surface area contributed by atoms with Gasteiger partial charge in [0.25, 0.3) is 5.91 Å². The summed E-state index contributed by atoms with van der Waals surface area (Å²) in [5, 5.41) is 6.74. The maximum atomic E-state index is 11.9. The molecule has 2 aromatic rings. The Morgan fingerprint density at radius 1 is 1.53 bits per heavy atom. The molecule has 1 amide bonds. The summed E-state index contributed by atoms with van der Waals surface area (Å²) in [4.78, 5) is 15.7. The first-order valence-corrected chi connectivity index (χ1v) is 5.25. The van der Waals surface area contributed by atoms with Gasteiger partial charge in [-0.3, -0.25) is 4.79 Å². The van der Waals surface area contributed by atoms with Crippen LogP contribution < -0.4 is 11.1 Å². The van der Waals surface area contributed by atoms with E-state index in [1.807, 2.05) is 6.92 Å². The number of nitrogens with one attached hydrogen (secondary N) is 1. The minimum Gasteiger partial charge on any atom is -0.399 e. The number of nitrogen functional groups attached to an aromatic ring is 1. The Kier molecular flexibility index (Phi) is 3.04. The van der Waals surface area contributed by atoms with E-state index in [1.54, 1.807) is 18.2 Å². The number of nitrogens with zero attached hydrogens (tertiary/aromatic N) is 3. The Balaban J connectivity index is 2.49. The lowest BCUT2D eigenvalue weighted by Crippen LogP contribution is -2.24. The zero-order valence-electron chi connectivity index (χ0n) is 9.42. The lowest BCUT2D eigenvalue weighted by molar-refractivity contribution is 0.0955. The second-order valence-corrected chi connectivity index (χ2v) is 3.48. The molecule has 1 heterocycles. The molecule has 0 unspecified atom stereocenters. The van der Waals surface area contributed by atoms with Crippen molar-refractivity contribution >= 4 is 11.6 Å². The van der Waals surface area contributed by atoms with Gasteiger partial charge < -0.3 is 11.1 Å². The van der Waals surface area contributed by atoms with Gasteiger partial charge in [-0.15, -0.1) is 0 Å². The second kappa shape index (κ2) is 4.65. The maximum absolute atomic E-state index is 11.9. The highest BCUT2D eigenvalue weighted by atomic mass is 16.1. The summed E-state index contributed by atoms with van der Waals surface area (Å²) in [7, 11) is 0. The van der Waals surface area contributed by atoms with Gasteiger partial charge in [-0.05, 0) is 25.1 Å². The van der Waals surface area contributed by atoms with Crippen molar-refractivity contribution in [3.05, 3.63) is 36.4 Å². The number of carbonyl (C=O) groups is 1. The summed E-state index contributed by atoms with van der Waals surface area (Å²) < 4.78 is 1.51. The second-order valence-electron chi connectivity index (χ2n) is 3.48. The fourth-order valence-electron chi connectivity index (χ4n) is 1.52. The molecular formula is C11H13N5O. The minimum absolute atomic E-state index is 0.155. The number of rotatable bonds is 3. The van der Waals surface area contributed by atoms with Crippen molar-refractivity contribution in [1.82, 2.24) is 20.1 Å². The molecule has 17 heavy (non-hydrogen) atoms. The van der Waals surface area contributed by atoms with Gasteiger partial charge in [0.2, 0.25) is 0 Å². The molecule has 6 nitrogen and oxygen atoms in total. The summed E-state index contributed by atoms with van der Waals surface area (Å²) in [6.07, 6.45) is 2.93. The largest absolute Gasteiger partial charge is 0.399 e. The smallest absolute Gasteiger partial charge is 0.253 e. The van der Waals surface area contributed by atoms with Gasteiger partial charge in [0, 0.05) is 12.2 Å². The van der Waals surface area contributed by atoms with Gasteiger partial charge in [0.05, 0.1) is 11.3 Å². The molecule has 0 bridgehead atoms. The minimum atomic E-state index is -0.155. The van der Waals surface area contributed by atoms with Gasteiger partial charge >= 0.3 is 0 Å². The Hall–Kier alpha value is -2.37.